The van der Waals surface area contributed by atoms with Crippen molar-refractivity contribution in [1.82, 2.24) is 14.3 Å². The third-order valence-electron chi connectivity index (χ3n) is 3.63. The number of benzene rings is 1. The van der Waals surface area contributed by atoms with E-state index >= 15 is 0 Å². The lowest BCUT2D eigenvalue weighted by atomic mass is 10.2. The number of carboxylic acid groups (broad SMARTS) is 1. The molecule has 0 aliphatic rings. The fourth-order valence-corrected chi connectivity index (χ4v) is 2.41. The molecule has 0 spiro atoms. The molecule has 8 nitrogen and oxygen atoms in total. The van der Waals surface area contributed by atoms with Crippen molar-refractivity contribution in [3.05, 3.63) is 52.4 Å². The van der Waals surface area contributed by atoms with Gasteiger partial charge in [-0.05, 0) is 24.6 Å². The van der Waals surface area contributed by atoms with Gasteiger partial charge in [-0.3, -0.25) is 14.3 Å². The largest absolute Gasteiger partial charge is 0.505 e. The number of hydrogen-bond acceptors (Lipinski definition) is 5. The van der Waals surface area contributed by atoms with E-state index in [9.17, 15) is 9.90 Å². The lowest BCUT2D eigenvalue weighted by Gasteiger charge is -2.08. The van der Waals surface area contributed by atoms with Crippen LogP contribution in [0.2, 0.25) is 0 Å². The van der Waals surface area contributed by atoms with Crippen molar-refractivity contribution in [3.8, 4) is 11.5 Å². The molecule has 3 aromatic rings. The number of methoxy groups -OCH3 is 1. The van der Waals surface area contributed by atoms with Gasteiger partial charge in [0, 0.05) is 25.7 Å². The first-order valence-corrected chi connectivity index (χ1v) is 7.98. The molecule has 0 bridgehead atoms. The Labute approximate surface area is 149 Å². The SMILES string of the molecule is CC(=O)O.CCn1cc2c(n1)c(O)cc(=O)n2Cc1ccc(OC)cc1. The van der Waals surface area contributed by atoms with Crippen LogP contribution in [0.4, 0.5) is 0 Å². The minimum absolute atomic E-state index is 0.0850. The van der Waals surface area contributed by atoms with Crippen LogP contribution in [-0.4, -0.2) is 37.6 Å². The monoisotopic (exact) mass is 359 g/mol. The van der Waals surface area contributed by atoms with Crippen LogP contribution in [0.25, 0.3) is 11.0 Å². The highest BCUT2D eigenvalue weighted by atomic mass is 16.5. The van der Waals surface area contributed by atoms with Gasteiger partial charge in [0.15, 0.2) is 11.3 Å². The second kappa shape index (κ2) is 8.19. The number of pyridine rings is 1. The third kappa shape index (κ3) is 4.41. The number of nitrogens with zero attached hydrogens (tertiary/aromatic N) is 3. The van der Waals surface area contributed by atoms with E-state index in [1.165, 1.54) is 6.07 Å². The average Bonchev–Trinajstić information content (AvgIpc) is 3.03. The lowest BCUT2D eigenvalue weighted by molar-refractivity contribution is -0.134. The van der Waals surface area contributed by atoms with Gasteiger partial charge in [-0.2, -0.15) is 5.10 Å². The Hall–Kier alpha value is -3.29. The Morgan fingerprint density at radius 3 is 2.42 bits per heavy atom. The van der Waals surface area contributed by atoms with Gasteiger partial charge in [0.25, 0.3) is 11.5 Å². The van der Waals surface area contributed by atoms with E-state index in [-0.39, 0.29) is 11.3 Å². The molecular weight excluding hydrogens is 338 g/mol. The van der Waals surface area contributed by atoms with Crippen molar-refractivity contribution >= 4 is 17.0 Å². The molecule has 0 aliphatic heterocycles. The van der Waals surface area contributed by atoms with E-state index in [1.54, 1.807) is 22.6 Å². The summed E-state index contributed by atoms with van der Waals surface area (Å²) in [5.41, 5.74) is 1.79. The maximum Gasteiger partial charge on any atom is 0.300 e. The van der Waals surface area contributed by atoms with E-state index in [2.05, 4.69) is 5.10 Å². The zero-order valence-corrected chi connectivity index (χ0v) is 14.8. The van der Waals surface area contributed by atoms with Gasteiger partial charge in [0.2, 0.25) is 0 Å². The van der Waals surface area contributed by atoms with E-state index in [0.717, 1.165) is 18.2 Å². The number of ether oxygens (including phenoxy) is 1. The first-order valence-electron chi connectivity index (χ1n) is 7.98. The average molecular weight is 359 g/mol. The van der Waals surface area contributed by atoms with Crippen molar-refractivity contribution in [1.29, 1.82) is 0 Å². The molecule has 26 heavy (non-hydrogen) atoms. The number of aliphatic carboxylic acids is 1. The molecule has 2 N–H and O–H groups in total. The standard InChI is InChI=1S/C16H17N3O3.C2H4O2/c1-3-18-10-13-16(17-18)14(20)8-15(21)19(13)9-11-4-6-12(22-2)7-5-11;1-2(3)4/h4-8,10,20H,3,9H2,1-2H3;1H3,(H,3,4). The predicted octanol–water partition coefficient (Wildman–Crippen LogP) is 2.07. The molecule has 2 heterocycles. The number of aromatic nitrogens is 3. The summed E-state index contributed by atoms with van der Waals surface area (Å²) < 4.78 is 8.44. The van der Waals surface area contributed by atoms with Gasteiger partial charge in [0.1, 0.15) is 5.75 Å². The van der Waals surface area contributed by atoms with Crippen molar-refractivity contribution in [3.63, 3.8) is 0 Å². The molecule has 0 unspecified atom stereocenters. The molecule has 0 atom stereocenters. The molecule has 0 aliphatic carbocycles. The molecule has 0 radical (unpaired) electrons. The van der Waals surface area contributed by atoms with Gasteiger partial charge < -0.3 is 19.5 Å². The second-order valence-corrected chi connectivity index (χ2v) is 5.54. The summed E-state index contributed by atoms with van der Waals surface area (Å²) >= 11 is 0. The van der Waals surface area contributed by atoms with E-state index in [1.807, 2.05) is 31.2 Å². The lowest BCUT2D eigenvalue weighted by Crippen LogP contribution is -2.19. The van der Waals surface area contributed by atoms with Crippen molar-refractivity contribution in [2.75, 3.05) is 7.11 Å². The van der Waals surface area contributed by atoms with Crippen LogP contribution in [0.3, 0.4) is 0 Å². The quantitative estimate of drug-likeness (QED) is 0.738. The number of fused-ring (bicyclic) bond motifs is 1. The van der Waals surface area contributed by atoms with Crippen LogP contribution in [0, 0.1) is 0 Å². The zero-order chi connectivity index (χ0) is 19.3. The summed E-state index contributed by atoms with van der Waals surface area (Å²) in [7, 11) is 1.61. The van der Waals surface area contributed by atoms with Gasteiger partial charge in [-0.25, -0.2) is 0 Å². The van der Waals surface area contributed by atoms with Crippen molar-refractivity contribution in [2.45, 2.75) is 26.9 Å². The number of carbonyl (C=O) groups is 1. The van der Waals surface area contributed by atoms with Gasteiger partial charge in [-0.1, -0.05) is 12.1 Å². The Balaban J connectivity index is 0.000000552. The first-order chi connectivity index (χ1) is 12.3. The minimum atomic E-state index is -0.833. The fraction of sp³-hybridized carbons (Fsp3) is 0.278. The Morgan fingerprint density at radius 2 is 1.88 bits per heavy atom. The van der Waals surface area contributed by atoms with Crippen LogP contribution in [-0.2, 0) is 17.9 Å². The zero-order valence-electron chi connectivity index (χ0n) is 14.8. The summed E-state index contributed by atoms with van der Waals surface area (Å²) in [6.07, 6.45) is 1.78. The molecule has 0 saturated carbocycles. The van der Waals surface area contributed by atoms with Crippen molar-refractivity contribution < 1.29 is 19.7 Å². The predicted molar refractivity (Wildman–Crippen MR) is 96.7 cm³/mol. The molecule has 8 heteroatoms. The van der Waals surface area contributed by atoms with E-state index in [4.69, 9.17) is 14.6 Å². The molecule has 1 aromatic carbocycles. The fourth-order valence-electron chi connectivity index (χ4n) is 2.41. The summed E-state index contributed by atoms with van der Waals surface area (Å²) in [5.74, 6) is -0.149. The molecular formula is C18H21N3O5. The van der Waals surface area contributed by atoms with Gasteiger partial charge >= 0.3 is 0 Å². The molecule has 0 fully saturated rings. The summed E-state index contributed by atoms with van der Waals surface area (Å²) in [5, 5.41) is 21.6. The molecule has 3 rings (SSSR count). The topological polar surface area (TPSA) is 107 Å². The van der Waals surface area contributed by atoms with Crippen LogP contribution in [0.1, 0.15) is 19.4 Å². The Kier molecular flexibility index (Phi) is 6.00. The van der Waals surface area contributed by atoms with Gasteiger partial charge in [0.05, 0.1) is 19.2 Å². The second-order valence-electron chi connectivity index (χ2n) is 5.54. The number of aromatic hydroxyl groups is 1. The first kappa shape index (κ1) is 19.0. The highest BCUT2D eigenvalue weighted by Crippen LogP contribution is 2.21. The normalized spacial score (nSPS) is 10.3. The maximum absolute atomic E-state index is 12.2. The third-order valence-corrected chi connectivity index (χ3v) is 3.63. The van der Waals surface area contributed by atoms with E-state index in [0.29, 0.717) is 24.1 Å². The highest BCUT2D eigenvalue weighted by molar-refractivity contribution is 5.80. The summed E-state index contributed by atoms with van der Waals surface area (Å²) in [6.45, 7) is 4.12. The number of carboxylic acids is 1. The molecule has 0 amide bonds. The van der Waals surface area contributed by atoms with Crippen LogP contribution >= 0.6 is 0 Å². The molecule has 138 valence electrons. The van der Waals surface area contributed by atoms with Crippen LogP contribution < -0.4 is 10.3 Å². The van der Waals surface area contributed by atoms with E-state index < -0.39 is 5.97 Å². The van der Waals surface area contributed by atoms with Crippen molar-refractivity contribution in [2.24, 2.45) is 0 Å². The molecule has 0 saturated heterocycles. The maximum atomic E-state index is 12.2. The smallest absolute Gasteiger partial charge is 0.300 e. The number of rotatable bonds is 4. The highest BCUT2D eigenvalue weighted by Gasteiger charge is 2.12. The Bertz CT molecular complexity index is 953. The summed E-state index contributed by atoms with van der Waals surface area (Å²) in [4.78, 5) is 21.2. The van der Waals surface area contributed by atoms with Crippen LogP contribution in [0.5, 0.6) is 11.5 Å². The molecule has 2 aromatic heterocycles. The minimum Gasteiger partial charge on any atom is -0.505 e. The summed E-state index contributed by atoms with van der Waals surface area (Å²) in [6, 6.07) is 8.74. The number of aryl methyl sites for hydroxylation is 1. The number of hydrogen-bond donors (Lipinski definition) is 2. The van der Waals surface area contributed by atoms with Gasteiger partial charge in [-0.15, -0.1) is 0 Å². The van der Waals surface area contributed by atoms with Crippen LogP contribution in [0.15, 0.2) is 41.3 Å². The Morgan fingerprint density at radius 1 is 1.27 bits per heavy atom.